The highest BCUT2D eigenvalue weighted by atomic mass is 15.0. The Morgan fingerprint density at radius 3 is 1.19 bits per heavy atom. The maximum Gasteiger partial charge on any atom is 0.0541 e. The number of hydrogen-bond donors (Lipinski definition) is 0. The Morgan fingerprint density at radius 1 is 0.381 bits per heavy atom. The van der Waals surface area contributed by atoms with Crippen molar-refractivity contribution in [3.05, 3.63) is 156 Å². The van der Waals surface area contributed by atoms with Gasteiger partial charge in [-0.05, 0) is 85.6 Å². The normalized spacial score (nSPS) is 12.0. The van der Waals surface area contributed by atoms with Crippen molar-refractivity contribution in [3.63, 3.8) is 0 Å². The van der Waals surface area contributed by atoms with Gasteiger partial charge >= 0.3 is 0 Å². The predicted molar refractivity (Wildman–Crippen MR) is 180 cm³/mol. The summed E-state index contributed by atoms with van der Waals surface area (Å²) in [6.07, 6.45) is 4.38. The van der Waals surface area contributed by atoms with Crippen LogP contribution in [0.5, 0.6) is 0 Å². The molecule has 0 saturated carbocycles. The molecule has 8 rings (SSSR count). The van der Waals surface area contributed by atoms with Crippen LogP contribution in [0.1, 0.15) is 22.3 Å². The second kappa shape index (κ2) is 9.64. The Labute approximate surface area is 245 Å². The number of aryl methyl sites for hydroxylation is 2. The van der Waals surface area contributed by atoms with Crippen molar-refractivity contribution >= 4 is 55.8 Å². The molecule has 0 fully saturated rings. The average Bonchev–Trinajstić information content (AvgIpc) is 3.53. The lowest BCUT2D eigenvalue weighted by atomic mass is 10.1. The molecule has 2 aromatic heterocycles. The lowest BCUT2D eigenvalue weighted by molar-refractivity contribution is 1.18. The van der Waals surface area contributed by atoms with Gasteiger partial charge in [0.1, 0.15) is 0 Å². The van der Waals surface area contributed by atoms with Crippen LogP contribution in [-0.2, 0) is 0 Å². The lowest BCUT2D eigenvalue weighted by Gasteiger charge is -2.09. The maximum atomic E-state index is 2.38. The fourth-order valence-electron chi connectivity index (χ4n) is 6.39. The molecule has 0 aliphatic heterocycles. The summed E-state index contributed by atoms with van der Waals surface area (Å²) in [7, 11) is 0. The molecule has 200 valence electrons. The monoisotopic (exact) mass is 538 g/mol. The number of para-hydroxylation sites is 2. The van der Waals surface area contributed by atoms with Gasteiger partial charge < -0.3 is 9.13 Å². The van der Waals surface area contributed by atoms with Crippen LogP contribution in [0.15, 0.2) is 133 Å². The number of benzene rings is 6. The second-order valence-electron chi connectivity index (χ2n) is 11.3. The number of nitrogens with zero attached hydrogens (tertiary/aromatic N) is 2. The van der Waals surface area contributed by atoms with Gasteiger partial charge in [0.15, 0.2) is 0 Å². The van der Waals surface area contributed by atoms with Crippen molar-refractivity contribution in [2.24, 2.45) is 0 Å². The summed E-state index contributed by atoms with van der Waals surface area (Å²) in [5, 5.41) is 5.18. The molecule has 6 aromatic carbocycles. The van der Waals surface area contributed by atoms with E-state index < -0.39 is 0 Å². The zero-order chi connectivity index (χ0) is 28.2. The summed E-state index contributed by atoms with van der Waals surface area (Å²) in [6.45, 7) is 4.33. The first-order chi connectivity index (χ1) is 20.6. The first kappa shape index (κ1) is 24.5. The van der Waals surface area contributed by atoms with Crippen LogP contribution in [-0.4, -0.2) is 9.13 Å². The van der Waals surface area contributed by atoms with Crippen molar-refractivity contribution in [1.82, 2.24) is 9.13 Å². The Kier molecular flexibility index (Phi) is 5.61. The summed E-state index contributed by atoms with van der Waals surface area (Å²) in [5.41, 5.74) is 12.2. The third-order valence-corrected chi connectivity index (χ3v) is 8.43. The van der Waals surface area contributed by atoms with E-state index in [9.17, 15) is 0 Å². The third-order valence-electron chi connectivity index (χ3n) is 8.43. The molecule has 2 nitrogen and oxygen atoms in total. The second-order valence-corrected chi connectivity index (χ2v) is 11.3. The van der Waals surface area contributed by atoms with E-state index >= 15 is 0 Å². The van der Waals surface area contributed by atoms with E-state index in [0.29, 0.717) is 0 Å². The standard InChI is InChI=1S/C40H30N2/c1-27-11-23-39-35(25-27)36-26-28(2)12-24-40(36)42(39)32-21-17-30(18-22-32)14-13-29-15-19-31(20-16-29)41-37-9-5-3-7-33(37)34-8-4-6-10-38(34)41/h3-26H,1-2H3. The van der Waals surface area contributed by atoms with Gasteiger partial charge in [-0.15, -0.1) is 0 Å². The molecule has 0 saturated heterocycles. The topological polar surface area (TPSA) is 9.86 Å². The van der Waals surface area contributed by atoms with Crippen molar-refractivity contribution in [1.29, 1.82) is 0 Å². The van der Waals surface area contributed by atoms with Gasteiger partial charge in [-0.25, -0.2) is 0 Å². The zero-order valence-corrected chi connectivity index (χ0v) is 23.8. The van der Waals surface area contributed by atoms with E-state index in [1.807, 2.05) is 0 Å². The van der Waals surface area contributed by atoms with E-state index in [-0.39, 0.29) is 0 Å². The molecule has 2 heterocycles. The largest absolute Gasteiger partial charge is 0.309 e. The van der Waals surface area contributed by atoms with Gasteiger partial charge in [-0.3, -0.25) is 0 Å². The fraction of sp³-hybridized carbons (Fsp3) is 0.0500. The Hall–Kier alpha value is -5.34. The minimum atomic E-state index is 1.17. The number of aromatic nitrogens is 2. The van der Waals surface area contributed by atoms with E-state index in [0.717, 1.165) is 0 Å². The molecule has 0 spiro atoms. The molecule has 8 aromatic rings. The lowest BCUT2D eigenvalue weighted by Crippen LogP contribution is -1.94. The number of hydrogen-bond acceptors (Lipinski definition) is 0. The first-order valence-corrected chi connectivity index (χ1v) is 14.5. The molecule has 0 bridgehead atoms. The Bertz CT molecular complexity index is 2180. The van der Waals surface area contributed by atoms with Crippen LogP contribution < -0.4 is 0 Å². The van der Waals surface area contributed by atoms with Crippen LogP contribution >= 0.6 is 0 Å². The summed E-state index contributed by atoms with van der Waals surface area (Å²) >= 11 is 0. The highest BCUT2D eigenvalue weighted by Crippen LogP contribution is 2.34. The summed E-state index contributed by atoms with van der Waals surface area (Å²) in [4.78, 5) is 0. The quantitative estimate of drug-likeness (QED) is 0.197. The smallest absolute Gasteiger partial charge is 0.0541 e. The SMILES string of the molecule is Cc1ccc2c(c1)c1cc(C)ccc1n2-c1ccc(C=Cc2ccc(-n3c4ccccc4c4ccccc43)cc2)cc1. The molecule has 0 aliphatic carbocycles. The van der Waals surface area contributed by atoms with Crippen LogP contribution in [0.4, 0.5) is 0 Å². The van der Waals surface area contributed by atoms with Gasteiger partial charge in [0, 0.05) is 32.9 Å². The van der Waals surface area contributed by atoms with Crippen LogP contribution in [0, 0.1) is 13.8 Å². The summed E-state index contributed by atoms with van der Waals surface area (Å²) in [6, 6.07) is 48.5. The minimum absolute atomic E-state index is 1.17. The Morgan fingerprint density at radius 2 is 0.762 bits per heavy atom. The number of fused-ring (bicyclic) bond motifs is 6. The van der Waals surface area contributed by atoms with E-state index in [1.165, 1.54) is 77.2 Å². The highest BCUT2D eigenvalue weighted by molar-refractivity contribution is 6.10. The average molecular weight is 539 g/mol. The van der Waals surface area contributed by atoms with Gasteiger partial charge in [-0.1, -0.05) is 96.1 Å². The predicted octanol–water partition coefficient (Wildman–Crippen LogP) is 10.7. The molecule has 42 heavy (non-hydrogen) atoms. The molecule has 0 N–H and O–H groups in total. The van der Waals surface area contributed by atoms with Crippen LogP contribution in [0.3, 0.4) is 0 Å². The molecular weight excluding hydrogens is 508 g/mol. The molecule has 0 radical (unpaired) electrons. The van der Waals surface area contributed by atoms with E-state index in [4.69, 9.17) is 0 Å². The molecule has 0 unspecified atom stereocenters. The number of rotatable bonds is 4. The highest BCUT2D eigenvalue weighted by Gasteiger charge is 2.13. The first-order valence-electron chi connectivity index (χ1n) is 14.5. The summed E-state index contributed by atoms with van der Waals surface area (Å²) < 4.78 is 4.73. The maximum absolute atomic E-state index is 2.38. The van der Waals surface area contributed by atoms with Crippen LogP contribution in [0.2, 0.25) is 0 Å². The molecule has 2 heteroatoms. The fourth-order valence-corrected chi connectivity index (χ4v) is 6.39. The molecule has 0 aliphatic rings. The van der Waals surface area contributed by atoms with Crippen molar-refractivity contribution in [3.8, 4) is 11.4 Å². The zero-order valence-electron chi connectivity index (χ0n) is 23.8. The Balaban J connectivity index is 1.10. The molecular formula is C40H30N2. The van der Waals surface area contributed by atoms with Crippen molar-refractivity contribution < 1.29 is 0 Å². The van der Waals surface area contributed by atoms with Gasteiger partial charge in [-0.2, -0.15) is 0 Å². The molecule has 0 amide bonds. The third kappa shape index (κ3) is 3.95. The molecule has 0 atom stereocenters. The van der Waals surface area contributed by atoms with E-state index in [1.54, 1.807) is 0 Å². The van der Waals surface area contributed by atoms with Crippen molar-refractivity contribution in [2.75, 3.05) is 0 Å². The van der Waals surface area contributed by atoms with Gasteiger partial charge in [0.05, 0.1) is 22.1 Å². The van der Waals surface area contributed by atoms with E-state index in [2.05, 4.69) is 169 Å². The van der Waals surface area contributed by atoms with Crippen molar-refractivity contribution in [2.45, 2.75) is 13.8 Å². The summed E-state index contributed by atoms with van der Waals surface area (Å²) in [5.74, 6) is 0. The minimum Gasteiger partial charge on any atom is -0.309 e. The van der Waals surface area contributed by atoms with Gasteiger partial charge in [0.25, 0.3) is 0 Å². The van der Waals surface area contributed by atoms with Gasteiger partial charge in [0.2, 0.25) is 0 Å². The van der Waals surface area contributed by atoms with Crippen LogP contribution in [0.25, 0.3) is 67.1 Å².